The Kier molecular flexibility index (Phi) is 11.1. The zero-order valence-corrected chi connectivity index (χ0v) is 44.6. The summed E-state index contributed by atoms with van der Waals surface area (Å²) in [6.07, 6.45) is 0. The van der Waals surface area contributed by atoms with Crippen LogP contribution in [0.5, 0.6) is 0 Å². The number of aromatic nitrogens is 5. The van der Waals surface area contributed by atoms with E-state index in [4.69, 9.17) is 19.4 Å². The summed E-state index contributed by atoms with van der Waals surface area (Å²) in [5, 5.41) is 17.8. The van der Waals surface area contributed by atoms with Crippen LogP contribution in [0, 0.1) is 11.3 Å². The second kappa shape index (κ2) is 19.4. The van der Waals surface area contributed by atoms with Gasteiger partial charge < -0.3 is 13.6 Å². The molecule has 0 saturated heterocycles. The highest BCUT2D eigenvalue weighted by atomic mass is 16.3. The zero-order valence-electron chi connectivity index (χ0n) is 44.6. The average molecular weight is 1060 g/mol. The van der Waals surface area contributed by atoms with E-state index in [0.29, 0.717) is 45.5 Å². The van der Waals surface area contributed by atoms with Gasteiger partial charge in [0.2, 0.25) is 0 Å². The van der Waals surface area contributed by atoms with Gasteiger partial charge in [-0.3, -0.25) is 0 Å². The molecule has 16 aromatic rings. The highest BCUT2D eigenvalue weighted by Crippen LogP contribution is 2.48. The molecule has 7 nitrogen and oxygen atoms in total. The van der Waals surface area contributed by atoms with Crippen LogP contribution in [0.2, 0.25) is 0 Å². The van der Waals surface area contributed by atoms with Crippen molar-refractivity contribution in [3.05, 3.63) is 285 Å². The first kappa shape index (κ1) is 47.5. The van der Waals surface area contributed by atoms with E-state index in [9.17, 15) is 5.26 Å². The number of hydrogen-bond donors (Lipinski definition) is 0. The van der Waals surface area contributed by atoms with E-state index in [1.165, 1.54) is 0 Å². The largest absolute Gasteiger partial charge is 0.453 e. The van der Waals surface area contributed by atoms with E-state index in [1.807, 2.05) is 91.0 Å². The maximum absolute atomic E-state index is 12.0. The van der Waals surface area contributed by atoms with Crippen LogP contribution in [0.25, 0.3) is 156 Å². The van der Waals surface area contributed by atoms with Gasteiger partial charge in [0.15, 0.2) is 23.1 Å². The monoisotopic (exact) mass is 1060 g/mol. The maximum Gasteiger partial charge on any atom is 0.167 e. The van der Waals surface area contributed by atoms with Crippen molar-refractivity contribution in [1.29, 1.82) is 5.26 Å². The van der Waals surface area contributed by atoms with Gasteiger partial charge in [-0.05, 0) is 105 Å². The van der Waals surface area contributed by atoms with Crippen LogP contribution in [-0.4, -0.2) is 24.1 Å². The van der Waals surface area contributed by atoms with Crippen LogP contribution >= 0.6 is 0 Å². The smallest absolute Gasteiger partial charge is 0.167 e. The average Bonchev–Trinajstić information content (AvgIpc) is 2.54. The number of hydrogen-bond acceptors (Lipinski definition) is 5. The molecule has 4 heterocycles. The molecule has 386 valence electrons. The van der Waals surface area contributed by atoms with E-state index >= 15 is 0 Å². The summed E-state index contributed by atoms with van der Waals surface area (Å²) in [6, 6.07) is 99.9. The molecule has 0 fully saturated rings. The molecule has 0 unspecified atom stereocenters. The first-order valence-electron chi connectivity index (χ1n) is 27.8. The van der Waals surface area contributed by atoms with E-state index in [1.54, 1.807) is 0 Å². The molecule has 0 aliphatic heterocycles. The molecule has 0 bridgehead atoms. The Morgan fingerprint density at radius 1 is 0.301 bits per heavy atom. The Balaban J connectivity index is 1.04. The normalized spacial score (nSPS) is 11.6. The number of rotatable bonds is 9. The molecule has 0 aliphatic rings. The van der Waals surface area contributed by atoms with Crippen molar-refractivity contribution in [3.63, 3.8) is 0 Å². The number of para-hydroxylation sites is 1. The van der Waals surface area contributed by atoms with Crippen molar-refractivity contribution < 1.29 is 4.42 Å². The van der Waals surface area contributed by atoms with Crippen LogP contribution in [-0.2, 0) is 0 Å². The van der Waals surface area contributed by atoms with Crippen molar-refractivity contribution in [3.8, 4) is 96.1 Å². The summed E-state index contributed by atoms with van der Waals surface area (Å²) in [5.74, 6) is 1.55. The molecule has 0 amide bonds. The Hall–Kier alpha value is -11.5. The molecule has 12 aromatic carbocycles. The molecular weight excluding hydrogens is 1010 g/mol. The zero-order chi connectivity index (χ0) is 55.0. The summed E-state index contributed by atoms with van der Waals surface area (Å²) in [4.78, 5) is 15.6. The fourth-order valence-corrected chi connectivity index (χ4v) is 12.3. The second-order valence-electron chi connectivity index (χ2n) is 21.0. The second-order valence-corrected chi connectivity index (χ2v) is 21.0. The summed E-state index contributed by atoms with van der Waals surface area (Å²) in [6.45, 7) is 0. The molecule has 0 aliphatic carbocycles. The van der Waals surface area contributed by atoms with Gasteiger partial charge in [-0.25, -0.2) is 15.0 Å². The third-order valence-corrected chi connectivity index (χ3v) is 16.2. The first-order chi connectivity index (χ1) is 41.1. The number of benzene rings is 12. The van der Waals surface area contributed by atoms with Gasteiger partial charge >= 0.3 is 0 Å². The van der Waals surface area contributed by atoms with Crippen molar-refractivity contribution in [1.82, 2.24) is 24.1 Å². The number of nitriles is 1. The van der Waals surface area contributed by atoms with Crippen LogP contribution in [0.3, 0.4) is 0 Å². The minimum absolute atomic E-state index is 0.462. The SMILES string of the molecule is N#Cc1cc(-n2c3ccc(-c4ccccc4)cc3c3cc(-c4ccccc4)ccc32)c2oc3c(-c4nc(-c5ccccc5)nc(-c5ccccc5)n4)cccc3c2c1-n1c2ccc(-c3ccccc3)cc2c2cc(-c3ccccc3)ccc21. The molecule has 0 saturated carbocycles. The lowest BCUT2D eigenvalue weighted by Crippen LogP contribution is -2.03. The molecule has 4 aromatic heterocycles. The predicted molar refractivity (Wildman–Crippen MR) is 339 cm³/mol. The van der Waals surface area contributed by atoms with Gasteiger partial charge in [0, 0.05) is 38.1 Å². The predicted octanol–water partition coefficient (Wildman–Crippen LogP) is 19.5. The third-order valence-electron chi connectivity index (χ3n) is 16.2. The first-order valence-corrected chi connectivity index (χ1v) is 27.8. The van der Waals surface area contributed by atoms with Gasteiger partial charge in [-0.15, -0.1) is 0 Å². The quantitative estimate of drug-likeness (QED) is 0.144. The lowest BCUT2D eigenvalue weighted by atomic mass is 10.0. The van der Waals surface area contributed by atoms with Gasteiger partial charge in [0.1, 0.15) is 11.7 Å². The van der Waals surface area contributed by atoms with E-state index in [2.05, 4.69) is 203 Å². The van der Waals surface area contributed by atoms with Crippen LogP contribution in [0.15, 0.2) is 283 Å². The fourth-order valence-electron chi connectivity index (χ4n) is 12.3. The molecule has 0 N–H and O–H groups in total. The summed E-state index contributed by atoms with van der Waals surface area (Å²) < 4.78 is 12.2. The van der Waals surface area contributed by atoms with E-state index in [0.717, 1.165) is 116 Å². The Labute approximate surface area is 477 Å². The van der Waals surface area contributed by atoms with Crippen LogP contribution in [0.1, 0.15) is 5.56 Å². The lowest BCUT2D eigenvalue weighted by molar-refractivity contribution is 0.666. The highest BCUT2D eigenvalue weighted by Gasteiger charge is 2.29. The molecule has 0 atom stereocenters. The Bertz CT molecular complexity index is 4990. The Morgan fingerprint density at radius 2 is 0.663 bits per heavy atom. The molecule has 83 heavy (non-hydrogen) atoms. The molecule has 0 radical (unpaired) electrons. The molecule has 7 heteroatoms. The number of furan rings is 1. The van der Waals surface area contributed by atoms with Crippen molar-refractivity contribution in [2.24, 2.45) is 0 Å². The number of nitrogens with zero attached hydrogens (tertiary/aromatic N) is 6. The topological polar surface area (TPSA) is 85.5 Å². The van der Waals surface area contributed by atoms with Gasteiger partial charge in [-0.2, -0.15) is 5.26 Å². The third kappa shape index (κ3) is 7.92. The van der Waals surface area contributed by atoms with Crippen molar-refractivity contribution in [2.75, 3.05) is 0 Å². The summed E-state index contributed by atoms with van der Waals surface area (Å²) >= 11 is 0. The van der Waals surface area contributed by atoms with Crippen LogP contribution < -0.4 is 0 Å². The Morgan fingerprint density at radius 3 is 1.05 bits per heavy atom. The van der Waals surface area contributed by atoms with E-state index < -0.39 is 0 Å². The molecule has 0 spiro atoms. The van der Waals surface area contributed by atoms with Crippen molar-refractivity contribution in [2.45, 2.75) is 0 Å². The van der Waals surface area contributed by atoms with Gasteiger partial charge in [0.05, 0.1) is 50.0 Å². The fraction of sp³-hybridized carbons (Fsp3) is 0. The highest BCUT2D eigenvalue weighted by molar-refractivity contribution is 6.20. The maximum atomic E-state index is 12.0. The summed E-state index contributed by atoms with van der Waals surface area (Å²) in [5.41, 5.74) is 18.3. The van der Waals surface area contributed by atoms with Gasteiger partial charge in [-0.1, -0.05) is 218 Å². The minimum Gasteiger partial charge on any atom is -0.453 e. The van der Waals surface area contributed by atoms with E-state index in [-0.39, 0.29) is 0 Å². The minimum atomic E-state index is 0.462. The standard InChI is InChI=1S/C76H46N6O/c77-47-58-46-69(81-65-38-34-54(48-20-7-1-8-21-48)42-61(65)62-43-55(35-39-66(62)81)49-22-9-2-10-23-49)73-70(59-32-19-33-60(72(59)83-73)76-79-74(52-28-15-5-16-29-52)78-75(80-76)53-30-17-6-18-31-53)71(58)82-67-40-36-56(50-24-11-3-12-25-50)44-63(67)64-45-57(37-41-68(64)82)51-26-13-4-14-27-51/h1-46H. The van der Waals surface area contributed by atoms with Crippen molar-refractivity contribution >= 4 is 65.6 Å². The molecule has 16 rings (SSSR count). The lowest BCUT2D eigenvalue weighted by Gasteiger charge is -2.16. The van der Waals surface area contributed by atoms with Crippen LogP contribution in [0.4, 0.5) is 0 Å². The molecular formula is C76H46N6O. The number of fused-ring (bicyclic) bond motifs is 9. The summed E-state index contributed by atoms with van der Waals surface area (Å²) in [7, 11) is 0. The van der Waals surface area contributed by atoms with Gasteiger partial charge in [0.25, 0.3) is 0 Å².